The van der Waals surface area contributed by atoms with Gasteiger partial charge in [0, 0.05) is 5.56 Å². The van der Waals surface area contributed by atoms with Gasteiger partial charge in [0.1, 0.15) is 5.82 Å². The zero-order valence-electron chi connectivity index (χ0n) is 6.60. The van der Waals surface area contributed by atoms with E-state index in [4.69, 9.17) is 0 Å². The number of aldehydes is 1. The molecule has 0 aliphatic heterocycles. The van der Waals surface area contributed by atoms with Gasteiger partial charge in [-0.2, -0.15) is 0 Å². The lowest BCUT2D eigenvalue weighted by Gasteiger charge is -1.94. The fourth-order valence-electron chi connectivity index (χ4n) is 0.835. The number of hydrogen-bond donors (Lipinski definition) is 0. The molecule has 0 N–H and O–H groups in total. The Morgan fingerprint density at radius 2 is 2.25 bits per heavy atom. The van der Waals surface area contributed by atoms with E-state index in [1.807, 2.05) is 0 Å². The van der Waals surface area contributed by atoms with Crippen LogP contribution in [0, 0.1) is 24.6 Å². The van der Waals surface area contributed by atoms with Gasteiger partial charge in [-0.3, -0.25) is 4.79 Å². The van der Waals surface area contributed by atoms with Crippen molar-refractivity contribution in [3.05, 3.63) is 35.1 Å². The topological polar surface area (TPSA) is 17.1 Å². The van der Waals surface area contributed by atoms with Crippen molar-refractivity contribution in [1.82, 2.24) is 0 Å². The summed E-state index contributed by atoms with van der Waals surface area (Å²) in [5.41, 5.74) is 1.19. The number of hydrogen-bond acceptors (Lipinski definition) is 1. The summed E-state index contributed by atoms with van der Waals surface area (Å²) in [6, 6.07) is 4.48. The fraction of sp³-hybridized carbons (Fsp3) is 0.100. The summed E-state index contributed by atoms with van der Waals surface area (Å²) < 4.78 is 12.7. The number of benzene rings is 1. The Morgan fingerprint density at radius 1 is 1.50 bits per heavy atom. The summed E-state index contributed by atoms with van der Waals surface area (Å²) in [6.45, 7) is 1.65. The highest BCUT2D eigenvalue weighted by molar-refractivity contribution is 5.73. The molecule has 0 aliphatic carbocycles. The first-order chi connectivity index (χ1) is 5.74. The molecule has 0 fully saturated rings. The van der Waals surface area contributed by atoms with E-state index < -0.39 is 0 Å². The van der Waals surface area contributed by atoms with Crippen molar-refractivity contribution < 1.29 is 9.18 Å². The van der Waals surface area contributed by atoms with Crippen LogP contribution in [0.4, 0.5) is 4.39 Å². The molecule has 0 aliphatic rings. The summed E-state index contributed by atoms with van der Waals surface area (Å²) in [4.78, 5) is 9.88. The molecular weight excluding hydrogens is 155 g/mol. The SMILES string of the molecule is Cc1cc(C#CC=O)ccc1F. The highest BCUT2D eigenvalue weighted by Gasteiger charge is 1.95. The number of rotatable bonds is 0. The molecule has 0 heterocycles. The van der Waals surface area contributed by atoms with Crippen molar-refractivity contribution in [2.24, 2.45) is 0 Å². The molecule has 1 rings (SSSR count). The maximum absolute atomic E-state index is 12.7. The van der Waals surface area contributed by atoms with E-state index in [1.165, 1.54) is 6.07 Å². The zero-order valence-corrected chi connectivity index (χ0v) is 6.60. The van der Waals surface area contributed by atoms with Crippen LogP contribution in [0.1, 0.15) is 11.1 Å². The molecule has 1 nitrogen and oxygen atoms in total. The van der Waals surface area contributed by atoms with E-state index >= 15 is 0 Å². The molecular formula is C10H7FO. The highest BCUT2D eigenvalue weighted by Crippen LogP contribution is 2.07. The number of carbonyl (C=O) groups excluding carboxylic acids is 1. The van der Waals surface area contributed by atoms with Crippen LogP contribution >= 0.6 is 0 Å². The normalized spacial score (nSPS) is 8.50. The average Bonchev–Trinajstić information content (AvgIpc) is 2.07. The van der Waals surface area contributed by atoms with E-state index in [9.17, 15) is 9.18 Å². The smallest absolute Gasteiger partial charge is 0.193 e. The van der Waals surface area contributed by atoms with Gasteiger partial charge in [0.25, 0.3) is 0 Å². The number of aryl methyl sites for hydroxylation is 1. The van der Waals surface area contributed by atoms with Crippen molar-refractivity contribution in [2.45, 2.75) is 6.92 Å². The van der Waals surface area contributed by atoms with Gasteiger partial charge in [-0.1, -0.05) is 5.92 Å². The average molecular weight is 162 g/mol. The van der Waals surface area contributed by atoms with Crippen LogP contribution < -0.4 is 0 Å². The van der Waals surface area contributed by atoms with Crippen molar-refractivity contribution in [1.29, 1.82) is 0 Å². The largest absolute Gasteiger partial charge is 0.289 e. The first-order valence-corrected chi connectivity index (χ1v) is 3.45. The molecule has 0 atom stereocenters. The Morgan fingerprint density at radius 3 is 2.83 bits per heavy atom. The molecule has 0 aromatic heterocycles. The van der Waals surface area contributed by atoms with Crippen LogP contribution in [0.5, 0.6) is 0 Å². The predicted octanol–water partition coefficient (Wildman–Crippen LogP) is 1.68. The second-order valence-corrected chi connectivity index (χ2v) is 2.35. The van der Waals surface area contributed by atoms with Crippen LogP contribution in [-0.2, 0) is 4.79 Å². The van der Waals surface area contributed by atoms with Gasteiger partial charge in [0.15, 0.2) is 6.29 Å². The van der Waals surface area contributed by atoms with E-state index in [0.717, 1.165) is 0 Å². The summed E-state index contributed by atoms with van der Waals surface area (Å²) in [6.07, 6.45) is 0.513. The van der Waals surface area contributed by atoms with Gasteiger partial charge in [-0.05, 0) is 36.6 Å². The molecule has 0 spiro atoms. The molecule has 60 valence electrons. The summed E-state index contributed by atoms with van der Waals surface area (Å²) >= 11 is 0. The molecule has 1 aromatic carbocycles. The standard InChI is InChI=1S/C10H7FO/c1-8-7-9(3-2-6-12)4-5-10(8)11/h4-7H,1H3. The molecule has 0 radical (unpaired) electrons. The minimum Gasteiger partial charge on any atom is -0.289 e. The van der Waals surface area contributed by atoms with Crippen molar-refractivity contribution in [3.8, 4) is 11.8 Å². The van der Waals surface area contributed by atoms with Crippen LogP contribution in [0.15, 0.2) is 18.2 Å². The number of halogens is 1. The first-order valence-electron chi connectivity index (χ1n) is 3.45. The van der Waals surface area contributed by atoms with E-state index in [2.05, 4.69) is 11.8 Å². The van der Waals surface area contributed by atoms with Crippen LogP contribution in [-0.4, -0.2) is 6.29 Å². The summed E-state index contributed by atoms with van der Waals surface area (Å²) in [5.74, 6) is 4.58. The van der Waals surface area contributed by atoms with Gasteiger partial charge in [0.05, 0.1) is 0 Å². The molecule has 0 saturated heterocycles. The lowest BCUT2D eigenvalue weighted by molar-refractivity contribution is -0.103. The Hall–Kier alpha value is -1.62. The quantitative estimate of drug-likeness (QED) is 0.419. The van der Waals surface area contributed by atoms with Crippen molar-refractivity contribution in [3.63, 3.8) is 0 Å². The zero-order chi connectivity index (χ0) is 8.97. The van der Waals surface area contributed by atoms with Gasteiger partial charge in [-0.25, -0.2) is 4.39 Å². The third kappa shape index (κ3) is 1.93. The van der Waals surface area contributed by atoms with E-state index in [0.29, 0.717) is 17.4 Å². The Kier molecular flexibility index (Phi) is 2.60. The molecule has 2 heteroatoms. The lowest BCUT2D eigenvalue weighted by atomic mass is 10.1. The monoisotopic (exact) mass is 162 g/mol. The fourth-order valence-corrected chi connectivity index (χ4v) is 0.835. The molecule has 1 aromatic rings. The van der Waals surface area contributed by atoms with Crippen molar-refractivity contribution in [2.75, 3.05) is 0 Å². The van der Waals surface area contributed by atoms with Crippen molar-refractivity contribution >= 4 is 6.29 Å². The lowest BCUT2D eigenvalue weighted by Crippen LogP contribution is -1.83. The van der Waals surface area contributed by atoms with Crippen LogP contribution in [0.3, 0.4) is 0 Å². The van der Waals surface area contributed by atoms with E-state index in [-0.39, 0.29) is 5.82 Å². The second kappa shape index (κ2) is 3.68. The second-order valence-electron chi connectivity index (χ2n) is 2.35. The Bertz CT molecular complexity index is 358. The van der Waals surface area contributed by atoms with Gasteiger partial charge in [0.2, 0.25) is 0 Å². The Labute approximate surface area is 70.2 Å². The third-order valence-corrected chi connectivity index (χ3v) is 1.43. The van der Waals surface area contributed by atoms with Gasteiger partial charge < -0.3 is 0 Å². The molecule has 0 amide bonds. The molecule has 0 saturated carbocycles. The predicted molar refractivity (Wildman–Crippen MR) is 44.1 cm³/mol. The minimum atomic E-state index is -0.258. The summed E-state index contributed by atoms with van der Waals surface area (Å²) in [5, 5.41) is 0. The first kappa shape index (κ1) is 8.48. The minimum absolute atomic E-state index is 0.258. The molecule has 12 heavy (non-hydrogen) atoms. The van der Waals surface area contributed by atoms with E-state index in [1.54, 1.807) is 19.1 Å². The molecule has 0 unspecified atom stereocenters. The number of carbonyl (C=O) groups is 1. The highest BCUT2D eigenvalue weighted by atomic mass is 19.1. The maximum atomic E-state index is 12.7. The van der Waals surface area contributed by atoms with Crippen LogP contribution in [0.25, 0.3) is 0 Å². The molecule has 0 bridgehead atoms. The maximum Gasteiger partial charge on any atom is 0.193 e. The van der Waals surface area contributed by atoms with Gasteiger partial charge >= 0.3 is 0 Å². The van der Waals surface area contributed by atoms with Gasteiger partial charge in [-0.15, -0.1) is 0 Å². The third-order valence-electron chi connectivity index (χ3n) is 1.43. The summed E-state index contributed by atoms with van der Waals surface area (Å²) in [7, 11) is 0. The Balaban J connectivity index is 3.04. The van der Waals surface area contributed by atoms with Crippen LogP contribution in [0.2, 0.25) is 0 Å².